The molecule has 1 aromatic carbocycles. The zero-order valence-corrected chi connectivity index (χ0v) is 19.8. The van der Waals surface area contributed by atoms with Gasteiger partial charge < -0.3 is 15.2 Å². The predicted octanol–water partition coefficient (Wildman–Crippen LogP) is 3.08. The van der Waals surface area contributed by atoms with E-state index in [0.717, 1.165) is 12.6 Å². The van der Waals surface area contributed by atoms with Crippen LogP contribution in [0.25, 0.3) is 11.4 Å². The topological polar surface area (TPSA) is 79.3 Å². The number of likely N-dealkylation sites (N-methyl/N-ethyl adjacent to an activating group) is 1. The molecule has 2 heterocycles. The molecule has 0 saturated heterocycles. The van der Waals surface area contributed by atoms with Crippen LogP contribution in [0.1, 0.15) is 49.8 Å². The Kier molecular flexibility index (Phi) is 6.46. The smallest absolute Gasteiger partial charge is 0.272 e. The molecular weight excluding hydrogens is 447 g/mol. The molecule has 0 bridgehead atoms. The van der Waals surface area contributed by atoms with Gasteiger partial charge >= 0.3 is 0 Å². The maximum Gasteiger partial charge on any atom is 0.272 e. The summed E-state index contributed by atoms with van der Waals surface area (Å²) in [7, 11) is 1.49. The number of carbonyl (C=O) groups excluding carboxylic acids is 2. The van der Waals surface area contributed by atoms with Crippen LogP contribution >= 0.6 is 0 Å². The third kappa shape index (κ3) is 4.82. The summed E-state index contributed by atoms with van der Waals surface area (Å²) in [5, 5.41) is 5.33. The van der Waals surface area contributed by atoms with Gasteiger partial charge in [-0.1, -0.05) is 20.8 Å². The second kappa shape index (κ2) is 9.05. The number of hydrogen-bond donors (Lipinski definition) is 2. The van der Waals surface area contributed by atoms with Gasteiger partial charge in [0.25, 0.3) is 5.91 Å². The third-order valence-corrected chi connectivity index (χ3v) is 6.42. The van der Waals surface area contributed by atoms with Crippen molar-refractivity contribution in [3.05, 3.63) is 41.0 Å². The van der Waals surface area contributed by atoms with Crippen LogP contribution in [0, 0.1) is 28.8 Å². The molecular formula is C24H30F3N5O2. The summed E-state index contributed by atoms with van der Waals surface area (Å²) in [5.74, 6) is -3.68. The van der Waals surface area contributed by atoms with E-state index in [1.165, 1.54) is 19.9 Å². The summed E-state index contributed by atoms with van der Waals surface area (Å²) < 4.78 is 43.9. The molecule has 184 valence electrons. The maximum atomic E-state index is 14.6. The highest BCUT2D eigenvalue weighted by molar-refractivity contribution is 5.98. The molecule has 7 nitrogen and oxygen atoms in total. The molecule has 0 radical (unpaired) electrons. The van der Waals surface area contributed by atoms with Crippen LogP contribution in [-0.4, -0.2) is 52.4 Å². The van der Waals surface area contributed by atoms with E-state index in [9.17, 15) is 22.8 Å². The highest BCUT2D eigenvalue weighted by Gasteiger charge is 2.36. The number of amides is 2. The first-order valence-corrected chi connectivity index (χ1v) is 11.5. The molecule has 4 rings (SSSR count). The van der Waals surface area contributed by atoms with Crippen molar-refractivity contribution in [1.29, 1.82) is 0 Å². The van der Waals surface area contributed by atoms with Crippen LogP contribution < -0.4 is 10.6 Å². The lowest BCUT2D eigenvalue weighted by molar-refractivity contribution is -0.124. The van der Waals surface area contributed by atoms with E-state index in [1.54, 1.807) is 4.57 Å². The number of nitrogens with zero attached hydrogens (tertiary/aromatic N) is 3. The van der Waals surface area contributed by atoms with Gasteiger partial charge in [0.1, 0.15) is 17.7 Å². The van der Waals surface area contributed by atoms with E-state index in [1.807, 2.05) is 20.8 Å². The molecule has 34 heavy (non-hydrogen) atoms. The van der Waals surface area contributed by atoms with E-state index >= 15 is 0 Å². The minimum absolute atomic E-state index is 0.0535. The van der Waals surface area contributed by atoms with Gasteiger partial charge in [0.2, 0.25) is 5.91 Å². The Bertz CT molecular complexity index is 1120. The Morgan fingerprint density at radius 2 is 1.79 bits per heavy atom. The molecule has 2 N–H and O–H groups in total. The monoisotopic (exact) mass is 477 g/mol. The van der Waals surface area contributed by atoms with Crippen molar-refractivity contribution in [2.45, 2.75) is 52.7 Å². The Hall–Kier alpha value is -2.88. The predicted molar refractivity (Wildman–Crippen MR) is 120 cm³/mol. The van der Waals surface area contributed by atoms with Crippen molar-refractivity contribution >= 4 is 11.8 Å². The standard InChI is InChI=1S/C24H30F3N5O2/c1-24(2,3)20(23(34)28-4)30-22(33)19-18-12-31(11-13-5-6-13)7-8-32(18)21(29-19)14-9-16(26)17(27)10-15(14)25/h9-10,13,20H,5-8,11-12H2,1-4H3,(H,28,34)(H,30,33)/t20-/m1/s1. The first-order chi connectivity index (χ1) is 16.0. The summed E-state index contributed by atoms with van der Waals surface area (Å²) in [6.07, 6.45) is 2.35. The minimum atomic E-state index is -1.29. The van der Waals surface area contributed by atoms with Crippen LogP contribution in [0.4, 0.5) is 13.2 Å². The van der Waals surface area contributed by atoms with E-state index in [4.69, 9.17) is 0 Å². The zero-order chi connectivity index (χ0) is 24.8. The van der Waals surface area contributed by atoms with Gasteiger partial charge in [-0.15, -0.1) is 0 Å². The molecule has 0 spiro atoms. The van der Waals surface area contributed by atoms with Gasteiger partial charge in [0.05, 0.1) is 11.3 Å². The largest absolute Gasteiger partial charge is 0.357 e. The van der Waals surface area contributed by atoms with E-state index in [0.29, 0.717) is 37.3 Å². The molecule has 1 aromatic heterocycles. The summed E-state index contributed by atoms with van der Waals surface area (Å²) in [6, 6.07) is 0.410. The van der Waals surface area contributed by atoms with Crippen molar-refractivity contribution in [2.75, 3.05) is 20.1 Å². The zero-order valence-electron chi connectivity index (χ0n) is 19.8. The number of hydrogen-bond acceptors (Lipinski definition) is 4. The number of benzene rings is 1. The van der Waals surface area contributed by atoms with Crippen molar-refractivity contribution < 1.29 is 22.8 Å². The highest BCUT2D eigenvalue weighted by Crippen LogP contribution is 2.33. The van der Waals surface area contributed by atoms with Gasteiger partial charge in [-0.3, -0.25) is 14.5 Å². The number of fused-ring (bicyclic) bond motifs is 1. The molecule has 2 aliphatic rings. The molecule has 1 atom stereocenters. The average Bonchev–Trinajstić information content (AvgIpc) is 3.51. The van der Waals surface area contributed by atoms with Crippen LogP contribution in [0.2, 0.25) is 0 Å². The molecule has 10 heteroatoms. The number of halogens is 3. The molecule has 1 aliphatic carbocycles. The minimum Gasteiger partial charge on any atom is -0.357 e. The first-order valence-electron chi connectivity index (χ1n) is 11.5. The van der Waals surface area contributed by atoms with Crippen molar-refractivity contribution in [3.8, 4) is 11.4 Å². The Labute approximate surface area is 196 Å². The number of carbonyl (C=O) groups is 2. The van der Waals surface area contributed by atoms with Crippen molar-refractivity contribution in [3.63, 3.8) is 0 Å². The van der Waals surface area contributed by atoms with Gasteiger partial charge in [-0.05, 0) is 30.2 Å². The van der Waals surface area contributed by atoms with Crippen molar-refractivity contribution in [2.24, 2.45) is 11.3 Å². The number of imidazole rings is 1. The van der Waals surface area contributed by atoms with Crippen LogP contribution in [0.3, 0.4) is 0 Å². The lowest BCUT2D eigenvalue weighted by atomic mass is 9.86. The molecule has 1 saturated carbocycles. The van der Waals surface area contributed by atoms with Crippen LogP contribution in [-0.2, 0) is 17.9 Å². The van der Waals surface area contributed by atoms with Gasteiger partial charge in [-0.2, -0.15) is 0 Å². The summed E-state index contributed by atoms with van der Waals surface area (Å²) in [4.78, 5) is 32.4. The Balaban J connectivity index is 1.75. The quantitative estimate of drug-likeness (QED) is 0.627. The third-order valence-electron chi connectivity index (χ3n) is 6.42. The van der Waals surface area contributed by atoms with Crippen LogP contribution in [0.15, 0.2) is 12.1 Å². The van der Waals surface area contributed by atoms with E-state index in [2.05, 4.69) is 20.5 Å². The first kappa shape index (κ1) is 24.3. The second-order valence-electron chi connectivity index (χ2n) is 10.2. The normalized spacial score (nSPS) is 17.3. The lowest BCUT2D eigenvalue weighted by Crippen LogP contribution is -2.53. The SMILES string of the molecule is CNC(=O)[C@@H](NC(=O)c1nc(-c2cc(F)c(F)cc2F)n2c1CN(CC1CC1)CC2)C(C)(C)C. The summed E-state index contributed by atoms with van der Waals surface area (Å²) >= 11 is 0. The van der Waals surface area contributed by atoms with Gasteiger partial charge in [0, 0.05) is 39.3 Å². The second-order valence-corrected chi connectivity index (χ2v) is 10.2. The fraction of sp³-hybridized carbons (Fsp3) is 0.542. The molecule has 1 fully saturated rings. The fourth-order valence-corrected chi connectivity index (χ4v) is 4.34. The van der Waals surface area contributed by atoms with Crippen LogP contribution in [0.5, 0.6) is 0 Å². The van der Waals surface area contributed by atoms with Crippen molar-refractivity contribution in [1.82, 2.24) is 25.1 Å². The maximum absolute atomic E-state index is 14.6. The van der Waals surface area contributed by atoms with E-state index < -0.39 is 34.8 Å². The van der Waals surface area contributed by atoms with Gasteiger partial charge in [-0.25, -0.2) is 18.2 Å². The summed E-state index contributed by atoms with van der Waals surface area (Å²) in [5.41, 5.74) is -0.179. The molecule has 0 unspecified atom stereocenters. The lowest BCUT2D eigenvalue weighted by Gasteiger charge is -2.31. The molecule has 2 aromatic rings. The number of rotatable bonds is 6. The molecule has 1 aliphatic heterocycles. The van der Waals surface area contributed by atoms with Gasteiger partial charge in [0.15, 0.2) is 17.3 Å². The molecule has 2 amide bonds. The highest BCUT2D eigenvalue weighted by atomic mass is 19.2. The van der Waals surface area contributed by atoms with E-state index in [-0.39, 0.29) is 23.0 Å². The average molecular weight is 478 g/mol. The summed E-state index contributed by atoms with van der Waals surface area (Å²) in [6.45, 7) is 7.89. The number of aromatic nitrogens is 2. The number of nitrogens with one attached hydrogen (secondary N) is 2. The fourth-order valence-electron chi connectivity index (χ4n) is 4.34. The Morgan fingerprint density at radius 1 is 1.12 bits per heavy atom. The Morgan fingerprint density at radius 3 is 2.41 bits per heavy atom.